The Bertz CT molecular complexity index is 497. The number of aromatic amines is 1. The summed E-state index contributed by atoms with van der Waals surface area (Å²) < 4.78 is 0. The molecule has 0 amide bonds. The summed E-state index contributed by atoms with van der Waals surface area (Å²) in [7, 11) is 0. The van der Waals surface area contributed by atoms with Gasteiger partial charge in [-0.25, -0.2) is 9.97 Å². The molecule has 5 N–H and O–H groups in total. The highest BCUT2D eigenvalue weighted by atomic mass is 15.0. The number of nitrogens with zero attached hydrogens (tertiary/aromatic N) is 2. The van der Waals surface area contributed by atoms with Gasteiger partial charge in [0.1, 0.15) is 17.8 Å². The Labute approximate surface area is 86.9 Å². The van der Waals surface area contributed by atoms with E-state index in [9.17, 15) is 0 Å². The second-order valence-electron chi connectivity index (χ2n) is 4.17. The summed E-state index contributed by atoms with van der Waals surface area (Å²) in [6, 6.07) is 2.39. The first-order chi connectivity index (χ1) is 7.24. The smallest absolute Gasteiger partial charge is 0.143 e. The van der Waals surface area contributed by atoms with Gasteiger partial charge in [0.25, 0.3) is 0 Å². The summed E-state index contributed by atoms with van der Waals surface area (Å²) in [6.07, 6.45) is 3.56. The maximum atomic E-state index is 5.76. The first-order valence-electron chi connectivity index (χ1n) is 5.08. The number of fused-ring (bicyclic) bond motifs is 1. The van der Waals surface area contributed by atoms with Gasteiger partial charge in [-0.2, -0.15) is 0 Å². The number of anilines is 1. The first kappa shape index (κ1) is 8.67. The van der Waals surface area contributed by atoms with Crippen molar-refractivity contribution in [1.82, 2.24) is 15.0 Å². The molecule has 78 valence electrons. The molecule has 1 fully saturated rings. The number of aromatic nitrogens is 3. The van der Waals surface area contributed by atoms with E-state index in [-0.39, 0.29) is 0 Å². The highest BCUT2D eigenvalue weighted by Crippen LogP contribution is 2.36. The van der Waals surface area contributed by atoms with Crippen molar-refractivity contribution in [3.8, 4) is 0 Å². The molecule has 0 spiro atoms. The summed E-state index contributed by atoms with van der Waals surface area (Å²) in [5.41, 5.74) is 13.5. The van der Waals surface area contributed by atoms with Crippen LogP contribution in [0.15, 0.2) is 12.4 Å². The predicted molar refractivity (Wildman–Crippen MR) is 58.3 cm³/mol. The molecule has 0 saturated heterocycles. The van der Waals surface area contributed by atoms with Gasteiger partial charge in [-0.1, -0.05) is 0 Å². The van der Waals surface area contributed by atoms with Gasteiger partial charge >= 0.3 is 0 Å². The van der Waals surface area contributed by atoms with Crippen molar-refractivity contribution in [2.24, 2.45) is 5.73 Å². The quantitative estimate of drug-likeness (QED) is 0.637. The fourth-order valence-electron chi connectivity index (χ4n) is 2.12. The number of rotatable bonds is 1. The molecule has 2 aromatic heterocycles. The van der Waals surface area contributed by atoms with Crippen LogP contribution in [0.5, 0.6) is 0 Å². The fourth-order valence-corrected chi connectivity index (χ4v) is 2.12. The van der Waals surface area contributed by atoms with E-state index in [1.165, 1.54) is 12.0 Å². The number of H-pyrrole nitrogens is 1. The van der Waals surface area contributed by atoms with Gasteiger partial charge < -0.3 is 16.5 Å². The Morgan fingerprint density at radius 1 is 1.33 bits per heavy atom. The van der Waals surface area contributed by atoms with Crippen LogP contribution in [-0.2, 0) is 0 Å². The van der Waals surface area contributed by atoms with Crippen LogP contribution in [-0.4, -0.2) is 21.0 Å². The van der Waals surface area contributed by atoms with E-state index in [0.29, 0.717) is 17.8 Å². The third-order valence-electron chi connectivity index (χ3n) is 3.09. The van der Waals surface area contributed by atoms with E-state index in [1.54, 1.807) is 0 Å². The monoisotopic (exact) mass is 203 g/mol. The minimum absolute atomic E-state index is 0.352. The van der Waals surface area contributed by atoms with Crippen molar-refractivity contribution in [2.75, 3.05) is 5.73 Å². The van der Waals surface area contributed by atoms with Crippen molar-refractivity contribution in [3.63, 3.8) is 0 Å². The molecule has 2 heterocycles. The maximum Gasteiger partial charge on any atom is 0.143 e. The molecule has 5 nitrogen and oxygen atoms in total. The first-order valence-corrected chi connectivity index (χ1v) is 5.08. The highest BCUT2D eigenvalue weighted by molar-refractivity contribution is 5.86. The van der Waals surface area contributed by atoms with Crippen LogP contribution in [0, 0.1) is 0 Å². The lowest BCUT2D eigenvalue weighted by molar-refractivity contribution is 0.346. The zero-order chi connectivity index (χ0) is 10.4. The molecular weight excluding hydrogens is 190 g/mol. The second-order valence-corrected chi connectivity index (χ2v) is 4.17. The van der Waals surface area contributed by atoms with Gasteiger partial charge in [0.2, 0.25) is 0 Å². The summed E-state index contributed by atoms with van der Waals surface area (Å²) >= 11 is 0. The van der Waals surface area contributed by atoms with Crippen molar-refractivity contribution >= 4 is 16.9 Å². The van der Waals surface area contributed by atoms with E-state index in [2.05, 4.69) is 15.0 Å². The summed E-state index contributed by atoms with van der Waals surface area (Å²) in [6.45, 7) is 0. The lowest BCUT2D eigenvalue weighted by Gasteiger charge is -2.31. The minimum atomic E-state index is 0.352. The maximum absolute atomic E-state index is 5.76. The van der Waals surface area contributed by atoms with Crippen LogP contribution in [0.3, 0.4) is 0 Å². The van der Waals surface area contributed by atoms with Gasteiger partial charge in [0.15, 0.2) is 0 Å². The molecule has 0 aromatic carbocycles. The Morgan fingerprint density at radius 3 is 2.80 bits per heavy atom. The van der Waals surface area contributed by atoms with Gasteiger partial charge in [0.05, 0.1) is 5.39 Å². The summed E-state index contributed by atoms with van der Waals surface area (Å²) in [5, 5.41) is 0.910. The van der Waals surface area contributed by atoms with E-state index < -0.39 is 0 Å². The molecule has 1 aliphatic rings. The number of nitrogens with one attached hydrogen (secondary N) is 1. The Morgan fingerprint density at radius 2 is 2.13 bits per heavy atom. The van der Waals surface area contributed by atoms with Crippen LogP contribution in [0.2, 0.25) is 0 Å². The summed E-state index contributed by atoms with van der Waals surface area (Å²) in [5.74, 6) is 1.07. The van der Waals surface area contributed by atoms with E-state index in [4.69, 9.17) is 11.5 Å². The van der Waals surface area contributed by atoms with Gasteiger partial charge in [-0.05, 0) is 18.9 Å². The number of nitrogen functional groups attached to an aromatic ring is 1. The SMILES string of the molecule is Nc1ncnc2[nH]c(C3CC(N)C3)cc12. The third-order valence-corrected chi connectivity index (χ3v) is 3.09. The standard InChI is InChI=1S/C10H13N5/c11-6-1-5(2-6)8-3-7-9(12)13-4-14-10(7)15-8/h3-6H,1-2,11H2,(H3,12,13,14,15). The largest absolute Gasteiger partial charge is 0.383 e. The Hall–Kier alpha value is -1.62. The normalized spacial score (nSPS) is 25.4. The zero-order valence-electron chi connectivity index (χ0n) is 8.27. The number of hydrogen-bond acceptors (Lipinski definition) is 4. The third kappa shape index (κ3) is 1.27. The zero-order valence-corrected chi connectivity index (χ0v) is 8.27. The highest BCUT2D eigenvalue weighted by Gasteiger charge is 2.28. The number of hydrogen-bond donors (Lipinski definition) is 3. The fraction of sp³-hybridized carbons (Fsp3) is 0.400. The van der Waals surface area contributed by atoms with Crippen LogP contribution >= 0.6 is 0 Å². The van der Waals surface area contributed by atoms with E-state index in [0.717, 1.165) is 23.9 Å². The van der Waals surface area contributed by atoms with Crippen LogP contribution in [0.1, 0.15) is 24.5 Å². The van der Waals surface area contributed by atoms with Crippen LogP contribution in [0.4, 0.5) is 5.82 Å². The molecule has 0 aliphatic heterocycles. The molecule has 0 bridgehead atoms. The second kappa shape index (κ2) is 2.93. The predicted octanol–water partition coefficient (Wildman–Crippen LogP) is 0.745. The molecule has 2 aromatic rings. The summed E-state index contributed by atoms with van der Waals surface area (Å²) in [4.78, 5) is 11.4. The lowest BCUT2D eigenvalue weighted by Crippen LogP contribution is -2.34. The minimum Gasteiger partial charge on any atom is -0.383 e. The average molecular weight is 203 g/mol. The van der Waals surface area contributed by atoms with Crippen molar-refractivity contribution in [1.29, 1.82) is 0 Å². The molecule has 5 heteroatoms. The molecule has 0 radical (unpaired) electrons. The molecule has 0 unspecified atom stereocenters. The molecule has 1 aliphatic carbocycles. The topological polar surface area (TPSA) is 93.6 Å². The van der Waals surface area contributed by atoms with Crippen molar-refractivity contribution < 1.29 is 0 Å². The van der Waals surface area contributed by atoms with Gasteiger partial charge in [-0.15, -0.1) is 0 Å². The van der Waals surface area contributed by atoms with Crippen molar-refractivity contribution in [3.05, 3.63) is 18.1 Å². The molecule has 0 atom stereocenters. The Kier molecular flexibility index (Phi) is 1.70. The van der Waals surface area contributed by atoms with Crippen LogP contribution in [0.25, 0.3) is 11.0 Å². The molecule has 1 saturated carbocycles. The molecule has 3 rings (SSSR count). The lowest BCUT2D eigenvalue weighted by atomic mass is 9.79. The van der Waals surface area contributed by atoms with Crippen LogP contribution < -0.4 is 11.5 Å². The van der Waals surface area contributed by atoms with Gasteiger partial charge in [-0.3, -0.25) is 0 Å². The molecular formula is C10H13N5. The number of nitrogens with two attached hydrogens (primary N) is 2. The molecule has 15 heavy (non-hydrogen) atoms. The van der Waals surface area contributed by atoms with E-state index >= 15 is 0 Å². The van der Waals surface area contributed by atoms with E-state index in [1.807, 2.05) is 6.07 Å². The average Bonchev–Trinajstić information content (AvgIpc) is 2.58. The van der Waals surface area contributed by atoms with Crippen molar-refractivity contribution in [2.45, 2.75) is 24.8 Å². The Balaban J connectivity index is 2.03. The van der Waals surface area contributed by atoms with Gasteiger partial charge in [0, 0.05) is 17.7 Å².